The van der Waals surface area contributed by atoms with Gasteiger partial charge in [0, 0.05) is 47.9 Å². The van der Waals surface area contributed by atoms with Gasteiger partial charge in [-0.3, -0.25) is 9.59 Å². The van der Waals surface area contributed by atoms with Gasteiger partial charge < -0.3 is 9.80 Å². The van der Waals surface area contributed by atoms with E-state index in [9.17, 15) is 9.59 Å². The topological polar surface area (TPSA) is 40.6 Å². The summed E-state index contributed by atoms with van der Waals surface area (Å²) in [5, 5.41) is 0. The van der Waals surface area contributed by atoms with Gasteiger partial charge in [0.25, 0.3) is 0 Å². The van der Waals surface area contributed by atoms with Gasteiger partial charge in [0.15, 0.2) is 0 Å². The maximum atomic E-state index is 13.7. The molecule has 11 rings (SSSR count). The quantitative estimate of drug-likeness (QED) is 0.169. The number of hydrogen-bond donors (Lipinski definition) is 0. The molecule has 294 valence electrons. The molecule has 4 aliphatic rings. The van der Waals surface area contributed by atoms with E-state index in [1.807, 2.05) is 9.80 Å². The summed E-state index contributed by atoms with van der Waals surface area (Å²) in [7, 11) is 0. The first-order valence-corrected chi connectivity index (χ1v) is 21.6. The van der Waals surface area contributed by atoms with Gasteiger partial charge in [0.05, 0.1) is 11.4 Å². The lowest BCUT2D eigenvalue weighted by Gasteiger charge is -2.27. The fraction of sp³-hybridized carbons (Fsp3) is 0.214. The zero-order valence-corrected chi connectivity index (χ0v) is 34.8. The SMILES string of the molecule is CC1(C)c2ccccc2-c2ccc(-c3cccc(-c4cc(N5CCCC5=O)c(-c5cccc(-c6ccc7c(c6)C(C)(C)c6ccccc6-7)c5)cc4N4CCCC4=O)c3)cc21. The molecular formula is C56H48N2O2. The summed E-state index contributed by atoms with van der Waals surface area (Å²) in [5.74, 6) is 0.276. The number of anilines is 2. The Bertz CT molecular complexity index is 2750. The summed E-state index contributed by atoms with van der Waals surface area (Å²) in [4.78, 5) is 31.3. The van der Waals surface area contributed by atoms with Crippen molar-refractivity contribution in [3.05, 3.63) is 168 Å². The first-order chi connectivity index (χ1) is 29.1. The van der Waals surface area contributed by atoms with E-state index in [1.54, 1.807) is 0 Å². The third-order valence-electron chi connectivity index (χ3n) is 14.0. The van der Waals surface area contributed by atoms with Crippen LogP contribution in [0.2, 0.25) is 0 Å². The Morgan fingerprint density at radius 3 is 1.17 bits per heavy atom. The maximum Gasteiger partial charge on any atom is 0.227 e. The molecule has 0 N–H and O–H groups in total. The minimum atomic E-state index is -0.101. The third kappa shape index (κ3) is 5.57. The fourth-order valence-electron chi connectivity index (χ4n) is 10.8. The molecule has 0 radical (unpaired) electrons. The molecule has 0 spiro atoms. The molecular weight excluding hydrogens is 733 g/mol. The molecule has 2 amide bonds. The molecule has 7 aromatic carbocycles. The average Bonchev–Trinajstić information content (AvgIpc) is 4.02. The predicted molar refractivity (Wildman–Crippen MR) is 246 cm³/mol. The highest BCUT2D eigenvalue weighted by atomic mass is 16.2. The van der Waals surface area contributed by atoms with Gasteiger partial charge >= 0.3 is 0 Å². The number of hydrogen-bond acceptors (Lipinski definition) is 2. The monoisotopic (exact) mass is 780 g/mol. The largest absolute Gasteiger partial charge is 0.312 e. The molecule has 2 aliphatic heterocycles. The summed E-state index contributed by atoms with van der Waals surface area (Å²) >= 11 is 0. The Morgan fingerprint density at radius 2 is 0.750 bits per heavy atom. The molecule has 0 aromatic heterocycles. The second-order valence-corrected chi connectivity index (χ2v) is 18.2. The molecule has 2 fully saturated rings. The third-order valence-corrected chi connectivity index (χ3v) is 14.0. The van der Waals surface area contributed by atoms with E-state index < -0.39 is 0 Å². The number of carbonyl (C=O) groups is 2. The molecule has 4 nitrogen and oxygen atoms in total. The van der Waals surface area contributed by atoms with Gasteiger partial charge in [-0.2, -0.15) is 0 Å². The molecule has 4 heteroatoms. The number of amides is 2. The zero-order valence-electron chi connectivity index (χ0n) is 34.8. The number of carbonyl (C=O) groups excluding carboxylic acids is 2. The van der Waals surface area contributed by atoms with Crippen molar-refractivity contribution in [3.63, 3.8) is 0 Å². The van der Waals surface area contributed by atoms with Crippen molar-refractivity contribution in [1.29, 1.82) is 0 Å². The van der Waals surface area contributed by atoms with Gasteiger partial charge in [-0.25, -0.2) is 0 Å². The van der Waals surface area contributed by atoms with Crippen LogP contribution in [-0.2, 0) is 20.4 Å². The first-order valence-electron chi connectivity index (χ1n) is 21.6. The Balaban J connectivity index is 1.04. The highest BCUT2D eigenvalue weighted by Gasteiger charge is 2.37. The summed E-state index contributed by atoms with van der Waals surface area (Å²) in [6.07, 6.45) is 2.70. The van der Waals surface area contributed by atoms with Crippen LogP contribution in [0, 0.1) is 0 Å². The molecule has 0 bridgehead atoms. The highest BCUT2D eigenvalue weighted by molar-refractivity contribution is 6.06. The second-order valence-electron chi connectivity index (χ2n) is 18.2. The number of nitrogens with zero attached hydrogens (tertiary/aromatic N) is 2. The Labute approximate surface area is 353 Å². The van der Waals surface area contributed by atoms with Crippen molar-refractivity contribution in [1.82, 2.24) is 0 Å². The predicted octanol–water partition coefficient (Wildman–Crippen LogP) is 13.2. The fourth-order valence-corrected chi connectivity index (χ4v) is 10.8. The second kappa shape index (κ2) is 13.5. The molecule has 2 saturated heterocycles. The normalized spacial score (nSPS) is 16.9. The van der Waals surface area contributed by atoms with E-state index in [4.69, 9.17) is 0 Å². The van der Waals surface area contributed by atoms with Gasteiger partial charge in [0.1, 0.15) is 0 Å². The van der Waals surface area contributed by atoms with Crippen LogP contribution < -0.4 is 9.80 Å². The van der Waals surface area contributed by atoms with Crippen LogP contribution in [0.3, 0.4) is 0 Å². The molecule has 0 unspecified atom stereocenters. The summed E-state index contributed by atoms with van der Waals surface area (Å²) in [5.41, 5.74) is 20.8. The van der Waals surface area contributed by atoms with E-state index in [1.165, 1.54) is 44.5 Å². The van der Waals surface area contributed by atoms with Crippen molar-refractivity contribution >= 4 is 23.2 Å². The molecule has 7 aromatic rings. The minimum absolute atomic E-state index is 0.101. The lowest BCUT2D eigenvalue weighted by molar-refractivity contribution is -0.117. The van der Waals surface area contributed by atoms with Gasteiger partial charge in [0.2, 0.25) is 11.8 Å². The van der Waals surface area contributed by atoms with Crippen molar-refractivity contribution in [3.8, 4) is 66.8 Å². The number of rotatable bonds is 6. The maximum absolute atomic E-state index is 13.7. The Morgan fingerprint density at radius 1 is 0.367 bits per heavy atom. The van der Waals surface area contributed by atoms with E-state index in [0.29, 0.717) is 25.9 Å². The molecule has 2 aliphatic carbocycles. The Hall–Kier alpha value is -6.52. The molecule has 2 heterocycles. The van der Waals surface area contributed by atoms with Crippen molar-refractivity contribution < 1.29 is 9.59 Å². The van der Waals surface area contributed by atoms with Crippen LogP contribution in [0.15, 0.2) is 146 Å². The van der Waals surface area contributed by atoms with E-state index in [-0.39, 0.29) is 22.6 Å². The van der Waals surface area contributed by atoms with E-state index in [0.717, 1.165) is 68.7 Å². The average molecular weight is 781 g/mol. The van der Waals surface area contributed by atoms with Crippen LogP contribution in [0.5, 0.6) is 0 Å². The van der Waals surface area contributed by atoms with Gasteiger partial charge in [-0.15, -0.1) is 0 Å². The van der Waals surface area contributed by atoms with Crippen LogP contribution in [0.1, 0.15) is 75.6 Å². The zero-order chi connectivity index (χ0) is 40.9. The summed E-state index contributed by atoms with van der Waals surface area (Å²) in [6.45, 7) is 10.6. The van der Waals surface area contributed by atoms with Gasteiger partial charge in [-0.05, 0) is 127 Å². The van der Waals surface area contributed by atoms with Gasteiger partial charge in [-0.1, -0.05) is 137 Å². The standard InChI is InChI=1S/C56H48N2O2/c1-55(2)47-19-7-5-17-41(47)43-25-23-37(31-49(43)55)35-13-9-15-39(29-35)45-33-52(58-28-12-22-54(58)60)46(34-51(45)57-27-11-21-53(57)59)40-16-10-14-36(30-40)38-24-26-44-42-18-6-8-20-48(42)56(3,4)50(44)32-38/h5-10,13-20,23-26,29-34H,11-12,21-22,27-28H2,1-4H3. The number of benzene rings is 7. The molecule has 0 atom stereocenters. The highest BCUT2D eigenvalue weighted by Crippen LogP contribution is 2.52. The smallest absolute Gasteiger partial charge is 0.227 e. The minimum Gasteiger partial charge on any atom is -0.312 e. The van der Waals surface area contributed by atoms with Crippen molar-refractivity contribution in [2.45, 2.75) is 64.2 Å². The lowest BCUT2D eigenvalue weighted by Crippen LogP contribution is -2.27. The number of fused-ring (bicyclic) bond motifs is 6. The molecule has 60 heavy (non-hydrogen) atoms. The summed E-state index contributed by atoms with van der Waals surface area (Å²) in [6, 6.07) is 53.1. The molecule has 0 saturated carbocycles. The summed E-state index contributed by atoms with van der Waals surface area (Å²) < 4.78 is 0. The van der Waals surface area contributed by atoms with Crippen LogP contribution >= 0.6 is 0 Å². The Kier molecular flexibility index (Phi) is 8.23. The van der Waals surface area contributed by atoms with Crippen molar-refractivity contribution in [2.24, 2.45) is 0 Å². The lowest BCUT2D eigenvalue weighted by atomic mass is 9.81. The van der Waals surface area contributed by atoms with Crippen molar-refractivity contribution in [2.75, 3.05) is 22.9 Å². The van der Waals surface area contributed by atoms with E-state index >= 15 is 0 Å². The first kappa shape index (κ1) is 36.6. The van der Waals surface area contributed by atoms with Crippen LogP contribution in [0.25, 0.3) is 66.8 Å². The van der Waals surface area contributed by atoms with E-state index in [2.05, 4.69) is 173 Å². The van der Waals surface area contributed by atoms with Crippen LogP contribution in [0.4, 0.5) is 11.4 Å². The van der Waals surface area contributed by atoms with Crippen LogP contribution in [-0.4, -0.2) is 24.9 Å².